The van der Waals surface area contributed by atoms with Crippen LogP contribution in [0.4, 0.5) is 0 Å². The summed E-state index contributed by atoms with van der Waals surface area (Å²) in [4.78, 5) is 28.1. The van der Waals surface area contributed by atoms with Crippen molar-refractivity contribution in [1.29, 1.82) is 0 Å². The highest BCUT2D eigenvalue weighted by Gasteiger charge is 2.42. The number of amides is 1. The van der Waals surface area contributed by atoms with Gasteiger partial charge >= 0.3 is 0 Å². The van der Waals surface area contributed by atoms with Crippen molar-refractivity contribution in [1.82, 2.24) is 4.90 Å². The third-order valence-electron chi connectivity index (χ3n) is 4.91. The van der Waals surface area contributed by atoms with E-state index in [2.05, 4.69) is 22.5 Å². The van der Waals surface area contributed by atoms with Gasteiger partial charge in [0.2, 0.25) is 5.76 Å². The maximum atomic E-state index is 13.4. The van der Waals surface area contributed by atoms with Gasteiger partial charge in [-0.2, -0.15) is 0 Å². The van der Waals surface area contributed by atoms with Crippen LogP contribution in [0.15, 0.2) is 62.7 Å². The van der Waals surface area contributed by atoms with Gasteiger partial charge in [0.05, 0.1) is 17.0 Å². The van der Waals surface area contributed by atoms with Crippen LogP contribution in [0.5, 0.6) is 0 Å². The first-order valence-corrected chi connectivity index (χ1v) is 9.47. The average molecular weight is 424 g/mol. The molecule has 0 aliphatic carbocycles. The number of carbonyl (C=O) groups excluding carboxylic acids is 1. The van der Waals surface area contributed by atoms with Crippen molar-refractivity contribution in [3.8, 4) is 0 Å². The lowest BCUT2D eigenvalue weighted by molar-refractivity contribution is 0.0748. The maximum Gasteiger partial charge on any atom is 0.291 e. The van der Waals surface area contributed by atoms with E-state index >= 15 is 0 Å². The fraction of sp³-hybridized carbons (Fsp3) is 0.182. The molecule has 4 rings (SSSR count). The lowest BCUT2D eigenvalue weighted by Crippen LogP contribution is -2.29. The Balaban J connectivity index is 2.05. The van der Waals surface area contributed by atoms with Crippen LogP contribution in [0, 0.1) is 13.8 Å². The lowest BCUT2D eigenvalue weighted by Gasteiger charge is -2.23. The number of benzene rings is 2. The summed E-state index contributed by atoms with van der Waals surface area (Å²) >= 11 is 3.43. The first-order valence-electron chi connectivity index (χ1n) is 8.67. The van der Waals surface area contributed by atoms with Gasteiger partial charge in [-0.3, -0.25) is 9.59 Å². The average Bonchev–Trinajstić information content (AvgIpc) is 2.90. The van der Waals surface area contributed by atoms with Gasteiger partial charge in [0.25, 0.3) is 5.91 Å². The van der Waals surface area contributed by atoms with Gasteiger partial charge in [0.15, 0.2) is 5.43 Å². The van der Waals surface area contributed by atoms with E-state index in [0.29, 0.717) is 23.1 Å². The van der Waals surface area contributed by atoms with Gasteiger partial charge in [-0.25, -0.2) is 0 Å². The molecule has 0 radical (unpaired) electrons. The second-order valence-electron chi connectivity index (χ2n) is 6.83. The number of halogens is 1. The Morgan fingerprint density at radius 2 is 1.89 bits per heavy atom. The monoisotopic (exact) mass is 423 g/mol. The van der Waals surface area contributed by atoms with E-state index in [1.54, 1.807) is 11.0 Å². The van der Waals surface area contributed by atoms with E-state index in [0.717, 1.165) is 21.2 Å². The van der Waals surface area contributed by atoms with E-state index in [9.17, 15) is 9.59 Å². The molecule has 0 saturated carbocycles. The molecule has 4 nitrogen and oxygen atoms in total. The van der Waals surface area contributed by atoms with Crippen molar-refractivity contribution in [3.05, 3.63) is 91.8 Å². The third-order valence-corrected chi connectivity index (χ3v) is 5.44. The smallest absolute Gasteiger partial charge is 0.291 e. The number of fused-ring (bicyclic) bond motifs is 2. The van der Waals surface area contributed by atoms with Crippen LogP contribution in [0.2, 0.25) is 0 Å². The first-order chi connectivity index (χ1) is 12.9. The van der Waals surface area contributed by atoms with E-state index < -0.39 is 6.04 Å². The number of hydrogen-bond donors (Lipinski definition) is 0. The molecular weight excluding hydrogens is 406 g/mol. The summed E-state index contributed by atoms with van der Waals surface area (Å²) in [6.45, 7) is 7.92. The van der Waals surface area contributed by atoms with E-state index in [1.807, 2.05) is 50.2 Å². The molecule has 1 atom stereocenters. The van der Waals surface area contributed by atoms with Crippen LogP contribution in [0.3, 0.4) is 0 Å². The summed E-state index contributed by atoms with van der Waals surface area (Å²) in [7, 11) is 0. The normalized spacial score (nSPS) is 16.0. The van der Waals surface area contributed by atoms with Crippen LogP contribution in [0.25, 0.3) is 11.0 Å². The number of hydrogen-bond acceptors (Lipinski definition) is 3. The van der Waals surface area contributed by atoms with Crippen molar-refractivity contribution in [2.24, 2.45) is 0 Å². The predicted molar refractivity (Wildman–Crippen MR) is 109 cm³/mol. The molecular formula is C22H18BrNO3. The zero-order valence-electron chi connectivity index (χ0n) is 15.1. The molecule has 136 valence electrons. The van der Waals surface area contributed by atoms with Crippen LogP contribution in [0.1, 0.15) is 38.9 Å². The molecule has 0 spiro atoms. The minimum Gasteiger partial charge on any atom is -0.450 e. The molecule has 2 heterocycles. The highest BCUT2D eigenvalue weighted by molar-refractivity contribution is 9.10. The van der Waals surface area contributed by atoms with Crippen LogP contribution >= 0.6 is 15.9 Å². The van der Waals surface area contributed by atoms with E-state index in [-0.39, 0.29) is 17.1 Å². The molecule has 1 amide bonds. The molecule has 3 aromatic rings. The largest absolute Gasteiger partial charge is 0.450 e. The van der Waals surface area contributed by atoms with Gasteiger partial charge < -0.3 is 9.32 Å². The molecule has 0 bridgehead atoms. The summed E-state index contributed by atoms with van der Waals surface area (Å²) < 4.78 is 6.93. The Bertz CT molecular complexity index is 1140. The van der Waals surface area contributed by atoms with Crippen LogP contribution < -0.4 is 5.43 Å². The van der Waals surface area contributed by atoms with Gasteiger partial charge in [0, 0.05) is 11.0 Å². The quantitative estimate of drug-likeness (QED) is 0.562. The number of carbonyl (C=O) groups is 1. The fourth-order valence-electron chi connectivity index (χ4n) is 3.79. The predicted octanol–water partition coefficient (Wildman–Crippen LogP) is 4.90. The third kappa shape index (κ3) is 2.73. The topological polar surface area (TPSA) is 50.5 Å². The number of rotatable bonds is 3. The summed E-state index contributed by atoms with van der Waals surface area (Å²) in [5, 5.41) is 0.515. The molecule has 0 fully saturated rings. The zero-order chi connectivity index (χ0) is 19.3. The molecule has 27 heavy (non-hydrogen) atoms. The van der Waals surface area contributed by atoms with E-state index in [4.69, 9.17) is 4.42 Å². The van der Waals surface area contributed by atoms with Gasteiger partial charge in [-0.05, 0) is 48.7 Å². The molecule has 1 unspecified atom stereocenters. The van der Waals surface area contributed by atoms with Crippen molar-refractivity contribution in [2.75, 3.05) is 6.54 Å². The molecule has 1 aliphatic rings. The molecule has 1 aliphatic heterocycles. The van der Waals surface area contributed by atoms with Crippen molar-refractivity contribution in [2.45, 2.75) is 19.9 Å². The molecule has 2 aromatic carbocycles. The minimum absolute atomic E-state index is 0.134. The standard InChI is InChI=1S/C22H18BrNO3/c1-4-9-24-18(14-5-7-15(23)8-6-14)17-19(25)16-11-12(2)10-13(3)20(16)27-21(17)22(24)26/h4-8,10-11,18H,1,9H2,2-3H3. The Kier molecular flexibility index (Phi) is 4.27. The number of aryl methyl sites for hydroxylation is 2. The first kappa shape index (κ1) is 17.7. The Labute approximate surface area is 165 Å². The summed E-state index contributed by atoms with van der Waals surface area (Å²) in [6.07, 6.45) is 1.66. The Morgan fingerprint density at radius 1 is 1.19 bits per heavy atom. The molecule has 0 saturated heterocycles. The van der Waals surface area contributed by atoms with Gasteiger partial charge in [0.1, 0.15) is 5.58 Å². The number of nitrogens with zero attached hydrogens (tertiary/aromatic N) is 1. The Hall–Kier alpha value is -2.66. The SMILES string of the molecule is C=CCN1C(=O)c2oc3c(C)cc(C)cc3c(=O)c2C1c1ccc(Br)cc1. The van der Waals surface area contributed by atoms with Gasteiger partial charge in [-0.15, -0.1) is 6.58 Å². The molecule has 5 heteroatoms. The van der Waals surface area contributed by atoms with Crippen LogP contribution in [-0.2, 0) is 0 Å². The summed E-state index contributed by atoms with van der Waals surface area (Å²) in [5.74, 6) is -0.147. The fourth-order valence-corrected chi connectivity index (χ4v) is 4.06. The van der Waals surface area contributed by atoms with Crippen molar-refractivity contribution >= 4 is 32.8 Å². The minimum atomic E-state index is -0.486. The highest BCUT2D eigenvalue weighted by atomic mass is 79.9. The second-order valence-corrected chi connectivity index (χ2v) is 7.75. The summed E-state index contributed by atoms with van der Waals surface area (Å²) in [5.41, 5.74) is 3.43. The lowest BCUT2D eigenvalue weighted by atomic mass is 9.97. The summed E-state index contributed by atoms with van der Waals surface area (Å²) in [6, 6.07) is 10.9. The van der Waals surface area contributed by atoms with Crippen molar-refractivity contribution in [3.63, 3.8) is 0 Å². The molecule has 1 aromatic heterocycles. The zero-order valence-corrected chi connectivity index (χ0v) is 16.7. The Morgan fingerprint density at radius 3 is 2.56 bits per heavy atom. The highest BCUT2D eigenvalue weighted by Crippen LogP contribution is 2.38. The van der Waals surface area contributed by atoms with E-state index in [1.165, 1.54) is 0 Å². The van der Waals surface area contributed by atoms with Crippen molar-refractivity contribution < 1.29 is 9.21 Å². The maximum absolute atomic E-state index is 13.4. The van der Waals surface area contributed by atoms with Crippen LogP contribution in [-0.4, -0.2) is 17.4 Å². The molecule has 0 N–H and O–H groups in total. The van der Waals surface area contributed by atoms with Gasteiger partial charge in [-0.1, -0.05) is 40.2 Å². The second kappa shape index (κ2) is 6.50.